The number of aliphatic carboxylic acids is 1. The van der Waals surface area contributed by atoms with Gasteiger partial charge in [-0.25, -0.2) is 0 Å². The van der Waals surface area contributed by atoms with E-state index >= 15 is 0 Å². The molecule has 0 spiro atoms. The van der Waals surface area contributed by atoms with Gasteiger partial charge in [-0.2, -0.15) is 19.6 Å². The number of aromatic nitrogens is 4. The number of non-ortho nitro benzene ring substituents is 1. The summed E-state index contributed by atoms with van der Waals surface area (Å²) in [6.07, 6.45) is 3.51. The lowest BCUT2D eigenvalue weighted by molar-refractivity contribution is -0.384. The number of hydrogen-bond donors (Lipinski definition) is 3. The van der Waals surface area contributed by atoms with Crippen LogP contribution in [0.2, 0.25) is 0 Å². The first-order valence-electron chi connectivity index (χ1n) is 12.8. The van der Waals surface area contributed by atoms with Gasteiger partial charge in [0.2, 0.25) is 11.9 Å². The van der Waals surface area contributed by atoms with Gasteiger partial charge >= 0.3 is 5.97 Å². The van der Waals surface area contributed by atoms with Gasteiger partial charge in [0.25, 0.3) is 5.69 Å². The summed E-state index contributed by atoms with van der Waals surface area (Å²) in [6.45, 7) is 13.0. The van der Waals surface area contributed by atoms with Crippen LogP contribution < -0.4 is 10.6 Å². The zero-order valence-corrected chi connectivity index (χ0v) is 22.7. The number of nitrogens with zero attached hydrogens (tertiary/aromatic N) is 6. The van der Waals surface area contributed by atoms with Crippen LogP contribution in [0.4, 0.5) is 23.3 Å². The van der Waals surface area contributed by atoms with Crippen LogP contribution in [-0.2, 0) is 4.79 Å². The van der Waals surface area contributed by atoms with Crippen molar-refractivity contribution in [2.24, 2.45) is 5.41 Å². The lowest BCUT2D eigenvalue weighted by atomic mass is 9.84. The number of rotatable bonds is 9. The van der Waals surface area contributed by atoms with Gasteiger partial charge in [0, 0.05) is 48.1 Å². The minimum absolute atomic E-state index is 0.00570. The fourth-order valence-electron chi connectivity index (χ4n) is 4.69. The lowest BCUT2D eigenvalue weighted by Crippen LogP contribution is -2.57. The van der Waals surface area contributed by atoms with Gasteiger partial charge in [-0.1, -0.05) is 19.9 Å². The van der Waals surface area contributed by atoms with E-state index in [0.717, 1.165) is 18.4 Å². The maximum atomic E-state index is 11.8. The average Bonchev–Trinajstić information content (AvgIpc) is 3.26. The van der Waals surface area contributed by atoms with Crippen molar-refractivity contribution in [3.05, 3.63) is 46.1 Å². The first-order chi connectivity index (χ1) is 17.8. The summed E-state index contributed by atoms with van der Waals surface area (Å²) in [7, 11) is 0. The Labute approximate surface area is 221 Å². The van der Waals surface area contributed by atoms with Crippen molar-refractivity contribution in [1.29, 1.82) is 0 Å². The zero-order valence-electron chi connectivity index (χ0n) is 22.7. The van der Waals surface area contributed by atoms with Crippen LogP contribution in [0.3, 0.4) is 0 Å². The molecule has 38 heavy (non-hydrogen) atoms. The molecule has 1 fully saturated rings. The summed E-state index contributed by atoms with van der Waals surface area (Å²) in [5.41, 5.74) is 1.05. The van der Waals surface area contributed by atoms with Crippen molar-refractivity contribution in [2.75, 3.05) is 23.7 Å². The molecule has 0 bridgehead atoms. The summed E-state index contributed by atoms with van der Waals surface area (Å²) < 4.78 is 1.60. The molecule has 0 unspecified atom stereocenters. The second-order valence-corrected chi connectivity index (χ2v) is 11.6. The van der Waals surface area contributed by atoms with E-state index < -0.39 is 16.3 Å². The number of nitrogens with one attached hydrogen (secondary N) is 2. The fraction of sp³-hybridized carbons (Fsp3) is 0.538. The molecule has 4 rings (SSSR count). The van der Waals surface area contributed by atoms with Gasteiger partial charge < -0.3 is 15.7 Å². The maximum Gasteiger partial charge on any atom is 0.310 e. The van der Waals surface area contributed by atoms with Crippen LogP contribution in [0.1, 0.15) is 65.9 Å². The number of fused-ring (bicyclic) bond motifs is 1. The SMILES string of the molecule is CC(C)c1cnn2c(Nc3cccc([N+](=O)[O-])c3)nc(N[C@H]3CCC(C)(C)N(CC(C)(C)C(=O)O)C3)nc12. The number of likely N-dealkylation sites (tertiary alicyclic amines) is 1. The monoisotopic (exact) mass is 524 g/mol. The van der Waals surface area contributed by atoms with Gasteiger partial charge in [-0.3, -0.25) is 19.8 Å². The predicted molar refractivity (Wildman–Crippen MR) is 145 cm³/mol. The number of anilines is 3. The molecule has 0 saturated carbocycles. The summed E-state index contributed by atoms with van der Waals surface area (Å²) >= 11 is 0. The molecule has 0 aliphatic carbocycles. The highest BCUT2D eigenvalue weighted by atomic mass is 16.6. The van der Waals surface area contributed by atoms with Crippen LogP contribution in [0.15, 0.2) is 30.5 Å². The number of carboxylic acids is 1. The van der Waals surface area contributed by atoms with Crippen LogP contribution in [-0.4, -0.2) is 65.2 Å². The first-order valence-corrected chi connectivity index (χ1v) is 12.8. The summed E-state index contributed by atoms with van der Waals surface area (Å²) in [5.74, 6) is 0.140. The number of hydrogen-bond acceptors (Lipinski definition) is 9. The van der Waals surface area contributed by atoms with Crippen LogP contribution in [0.25, 0.3) is 5.65 Å². The second-order valence-electron chi connectivity index (χ2n) is 11.6. The summed E-state index contributed by atoms with van der Waals surface area (Å²) in [6, 6.07) is 6.22. The molecule has 12 nitrogen and oxygen atoms in total. The molecule has 3 aromatic rings. The average molecular weight is 525 g/mol. The number of benzene rings is 1. The van der Waals surface area contributed by atoms with E-state index in [0.29, 0.717) is 36.3 Å². The number of carbonyl (C=O) groups is 1. The summed E-state index contributed by atoms with van der Waals surface area (Å²) in [4.78, 5) is 34.3. The van der Waals surface area contributed by atoms with Gasteiger partial charge in [-0.15, -0.1) is 0 Å². The second kappa shape index (κ2) is 10.2. The molecule has 3 N–H and O–H groups in total. The predicted octanol–water partition coefficient (Wildman–Crippen LogP) is 4.67. The molecule has 0 amide bonds. The Bertz CT molecular complexity index is 1350. The standard InChI is InChI=1S/C26H36N8O4/c1-16(2)20-13-27-33-21(20)30-23(31-24(33)29-17-8-7-9-19(12-17)34(37)38)28-18-10-11-26(5,6)32(14-18)15-25(3,4)22(35)36/h7-9,12-13,16,18H,10-11,14-15H2,1-6H3,(H,35,36)(H2,28,29,30,31)/t18-/m0/s1. The minimum atomic E-state index is -0.881. The molecule has 204 valence electrons. The normalized spacial score (nSPS) is 18.0. The Morgan fingerprint density at radius 3 is 2.71 bits per heavy atom. The highest BCUT2D eigenvalue weighted by molar-refractivity contribution is 5.73. The van der Waals surface area contributed by atoms with Gasteiger partial charge in [0.1, 0.15) is 0 Å². The van der Waals surface area contributed by atoms with Crippen molar-refractivity contribution >= 4 is 34.9 Å². The Hall–Kier alpha value is -3.80. The third kappa shape index (κ3) is 5.69. The van der Waals surface area contributed by atoms with Crippen LogP contribution in [0, 0.1) is 15.5 Å². The maximum absolute atomic E-state index is 11.8. The number of nitro groups is 1. The highest BCUT2D eigenvalue weighted by Gasteiger charge is 2.40. The van der Waals surface area contributed by atoms with E-state index in [1.54, 1.807) is 36.7 Å². The molecular formula is C26H36N8O4. The van der Waals surface area contributed by atoms with Crippen LogP contribution >= 0.6 is 0 Å². The zero-order chi connectivity index (χ0) is 27.8. The number of nitro benzene ring substituents is 1. The van der Waals surface area contributed by atoms with Gasteiger partial charge in [0.05, 0.1) is 16.5 Å². The molecule has 0 radical (unpaired) electrons. The molecule has 2 aromatic heterocycles. The van der Waals surface area contributed by atoms with Crippen molar-refractivity contribution in [1.82, 2.24) is 24.5 Å². The third-order valence-corrected chi connectivity index (χ3v) is 7.23. The molecule has 1 saturated heterocycles. The molecule has 3 heterocycles. The highest BCUT2D eigenvalue weighted by Crippen LogP contribution is 2.33. The first kappa shape index (κ1) is 27.2. The van der Waals surface area contributed by atoms with E-state index in [-0.39, 0.29) is 23.2 Å². The van der Waals surface area contributed by atoms with Gasteiger partial charge in [-0.05, 0) is 52.5 Å². The van der Waals surface area contributed by atoms with E-state index in [1.807, 2.05) is 0 Å². The van der Waals surface area contributed by atoms with E-state index in [2.05, 4.69) is 53.3 Å². The topological polar surface area (TPSA) is 151 Å². The van der Waals surface area contributed by atoms with E-state index in [9.17, 15) is 20.0 Å². The Balaban J connectivity index is 1.65. The van der Waals surface area contributed by atoms with Crippen molar-refractivity contribution in [3.8, 4) is 0 Å². The van der Waals surface area contributed by atoms with Crippen molar-refractivity contribution in [3.63, 3.8) is 0 Å². The van der Waals surface area contributed by atoms with Crippen molar-refractivity contribution < 1.29 is 14.8 Å². The largest absolute Gasteiger partial charge is 0.481 e. The minimum Gasteiger partial charge on any atom is -0.481 e. The number of carboxylic acid groups (broad SMARTS) is 1. The third-order valence-electron chi connectivity index (χ3n) is 7.23. The number of piperidine rings is 1. The lowest BCUT2D eigenvalue weighted by Gasteiger charge is -2.47. The fourth-order valence-corrected chi connectivity index (χ4v) is 4.69. The van der Waals surface area contributed by atoms with Gasteiger partial charge in [0.15, 0.2) is 5.65 Å². The quantitative estimate of drug-likeness (QED) is 0.266. The molecule has 1 aliphatic heterocycles. The molecule has 1 aliphatic rings. The van der Waals surface area contributed by atoms with Crippen LogP contribution in [0.5, 0.6) is 0 Å². The molecule has 1 aromatic carbocycles. The molecular weight excluding hydrogens is 488 g/mol. The Kier molecular flexibility index (Phi) is 7.29. The summed E-state index contributed by atoms with van der Waals surface area (Å²) in [5, 5.41) is 32.0. The smallest absolute Gasteiger partial charge is 0.310 e. The molecule has 12 heteroatoms. The van der Waals surface area contributed by atoms with E-state index in [4.69, 9.17) is 4.98 Å². The Morgan fingerprint density at radius 1 is 1.32 bits per heavy atom. The van der Waals surface area contributed by atoms with E-state index in [1.165, 1.54) is 12.1 Å². The van der Waals surface area contributed by atoms with Crippen molar-refractivity contribution in [2.45, 2.75) is 71.9 Å². The Morgan fingerprint density at radius 2 is 2.05 bits per heavy atom. The molecule has 1 atom stereocenters.